The van der Waals surface area contributed by atoms with Crippen molar-refractivity contribution >= 4 is 23.0 Å². The Bertz CT molecular complexity index is 628. The predicted molar refractivity (Wildman–Crippen MR) is 77.0 cm³/mol. The molecule has 2 N–H and O–H groups in total. The Morgan fingerprint density at radius 2 is 2.11 bits per heavy atom. The van der Waals surface area contributed by atoms with Gasteiger partial charge in [0.15, 0.2) is 0 Å². The SMILES string of the molecule is Nc1ccc2c(c1)CCN2Cc1cccc(Cl)c1F. The number of rotatable bonds is 2. The van der Waals surface area contributed by atoms with E-state index in [0.29, 0.717) is 12.1 Å². The van der Waals surface area contributed by atoms with Crippen LogP contribution in [-0.2, 0) is 13.0 Å². The second-order valence-electron chi connectivity index (χ2n) is 4.77. The summed E-state index contributed by atoms with van der Waals surface area (Å²) in [4.78, 5) is 2.16. The summed E-state index contributed by atoms with van der Waals surface area (Å²) in [6, 6.07) is 11.0. The van der Waals surface area contributed by atoms with E-state index in [9.17, 15) is 4.39 Å². The normalized spacial score (nSPS) is 13.7. The fraction of sp³-hybridized carbons (Fsp3) is 0.200. The molecule has 3 rings (SSSR count). The van der Waals surface area contributed by atoms with Gasteiger partial charge < -0.3 is 10.6 Å². The van der Waals surface area contributed by atoms with Crippen molar-refractivity contribution in [2.45, 2.75) is 13.0 Å². The summed E-state index contributed by atoms with van der Waals surface area (Å²) < 4.78 is 13.9. The van der Waals surface area contributed by atoms with Crippen LogP contribution in [0.3, 0.4) is 0 Å². The molecular formula is C15H14ClFN2. The number of hydrogen-bond acceptors (Lipinski definition) is 2. The van der Waals surface area contributed by atoms with Crippen LogP contribution in [0.25, 0.3) is 0 Å². The first-order valence-corrected chi connectivity index (χ1v) is 6.59. The lowest BCUT2D eigenvalue weighted by molar-refractivity contribution is 0.606. The van der Waals surface area contributed by atoms with Gasteiger partial charge in [0, 0.05) is 30.0 Å². The van der Waals surface area contributed by atoms with Crippen molar-refractivity contribution in [2.24, 2.45) is 0 Å². The van der Waals surface area contributed by atoms with Gasteiger partial charge in [0.1, 0.15) is 5.82 Å². The van der Waals surface area contributed by atoms with E-state index in [4.69, 9.17) is 17.3 Å². The van der Waals surface area contributed by atoms with E-state index in [1.807, 2.05) is 18.2 Å². The van der Waals surface area contributed by atoms with E-state index in [-0.39, 0.29) is 10.8 Å². The van der Waals surface area contributed by atoms with Crippen molar-refractivity contribution in [3.05, 3.63) is 58.4 Å². The number of nitrogen functional groups attached to an aromatic ring is 1. The van der Waals surface area contributed by atoms with Crippen LogP contribution in [0.4, 0.5) is 15.8 Å². The van der Waals surface area contributed by atoms with Gasteiger partial charge in [-0.05, 0) is 36.2 Å². The molecule has 2 nitrogen and oxygen atoms in total. The van der Waals surface area contributed by atoms with Crippen LogP contribution in [0, 0.1) is 5.82 Å². The number of halogens is 2. The molecule has 19 heavy (non-hydrogen) atoms. The number of nitrogens with two attached hydrogens (primary N) is 1. The molecule has 0 fully saturated rings. The van der Waals surface area contributed by atoms with Gasteiger partial charge in [0.25, 0.3) is 0 Å². The topological polar surface area (TPSA) is 29.3 Å². The maximum atomic E-state index is 13.9. The van der Waals surface area contributed by atoms with E-state index >= 15 is 0 Å². The molecule has 1 aliphatic heterocycles. The van der Waals surface area contributed by atoms with Gasteiger partial charge in [-0.1, -0.05) is 23.7 Å². The van der Waals surface area contributed by atoms with Crippen LogP contribution < -0.4 is 10.6 Å². The molecule has 2 aromatic carbocycles. The molecule has 0 radical (unpaired) electrons. The Labute approximate surface area is 116 Å². The van der Waals surface area contributed by atoms with Crippen LogP contribution in [0.2, 0.25) is 5.02 Å². The fourth-order valence-corrected chi connectivity index (χ4v) is 2.72. The minimum absolute atomic E-state index is 0.175. The van der Waals surface area contributed by atoms with Crippen LogP contribution in [0.5, 0.6) is 0 Å². The number of benzene rings is 2. The van der Waals surface area contributed by atoms with Gasteiger partial charge in [-0.2, -0.15) is 0 Å². The predicted octanol–water partition coefficient (Wildman–Crippen LogP) is 3.62. The van der Waals surface area contributed by atoms with Gasteiger partial charge in [0.05, 0.1) is 5.02 Å². The summed E-state index contributed by atoms with van der Waals surface area (Å²) >= 11 is 5.81. The Kier molecular flexibility index (Phi) is 3.07. The molecule has 0 spiro atoms. The molecule has 0 unspecified atom stereocenters. The lowest BCUT2D eigenvalue weighted by Crippen LogP contribution is -2.20. The Hall–Kier alpha value is -1.74. The van der Waals surface area contributed by atoms with Crippen molar-refractivity contribution in [3.63, 3.8) is 0 Å². The van der Waals surface area contributed by atoms with Crippen molar-refractivity contribution in [1.82, 2.24) is 0 Å². The second-order valence-corrected chi connectivity index (χ2v) is 5.18. The maximum Gasteiger partial charge on any atom is 0.146 e. The van der Waals surface area contributed by atoms with Gasteiger partial charge in [0.2, 0.25) is 0 Å². The standard InChI is InChI=1S/C15H14ClFN2/c16-13-3-1-2-11(15(13)17)9-19-7-6-10-8-12(18)4-5-14(10)19/h1-5,8H,6-7,9,18H2. The Morgan fingerprint density at radius 3 is 2.95 bits per heavy atom. The van der Waals surface area contributed by atoms with Crippen LogP contribution >= 0.6 is 11.6 Å². The van der Waals surface area contributed by atoms with Crippen molar-refractivity contribution in [1.29, 1.82) is 0 Å². The zero-order valence-electron chi connectivity index (χ0n) is 10.4. The summed E-state index contributed by atoms with van der Waals surface area (Å²) in [5.41, 5.74) is 9.53. The van der Waals surface area contributed by atoms with Crippen LogP contribution in [-0.4, -0.2) is 6.54 Å². The average Bonchev–Trinajstić information content (AvgIpc) is 2.77. The minimum atomic E-state index is -0.326. The summed E-state index contributed by atoms with van der Waals surface area (Å²) in [6.45, 7) is 1.41. The van der Waals surface area contributed by atoms with E-state index < -0.39 is 0 Å². The Balaban J connectivity index is 1.89. The van der Waals surface area contributed by atoms with E-state index in [1.165, 1.54) is 5.56 Å². The van der Waals surface area contributed by atoms with Gasteiger partial charge in [-0.3, -0.25) is 0 Å². The molecule has 0 atom stereocenters. The first-order valence-electron chi connectivity index (χ1n) is 6.21. The summed E-state index contributed by atoms with van der Waals surface area (Å²) in [5.74, 6) is -0.326. The molecule has 2 aromatic rings. The largest absolute Gasteiger partial charge is 0.399 e. The molecule has 0 saturated carbocycles. The molecule has 0 bridgehead atoms. The second kappa shape index (κ2) is 4.74. The zero-order chi connectivity index (χ0) is 13.4. The Morgan fingerprint density at radius 1 is 1.26 bits per heavy atom. The fourth-order valence-electron chi connectivity index (χ4n) is 2.53. The molecule has 0 saturated heterocycles. The molecule has 0 amide bonds. The highest BCUT2D eigenvalue weighted by Gasteiger charge is 2.20. The summed E-state index contributed by atoms with van der Waals surface area (Å²) in [5, 5.41) is 0.175. The quantitative estimate of drug-likeness (QED) is 0.849. The first kappa shape index (κ1) is 12.3. The van der Waals surface area contributed by atoms with Crippen molar-refractivity contribution in [3.8, 4) is 0 Å². The third kappa shape index (κ3) is 2.26. The molecular weight excluding hydrogens is 263 g/mol. The highest BCUT2D eigenvalue weighted by molar-refractivity contribution is 6.30. The van der Waals surface area contributed by atoms with Gasteiger partial charge in [-0.15, -0.1) is 0 Å². The molecule has 4 heteroatoms. The lowest BCUT2D eigenvalue weighted by Gasteiger charge is -2.20. The third-order valence-electron chi connectivity index (χ3n) is 3.49. The van der Waals surface area contributed by atoms with Gasteiger partial charge in [-0.25, -0.2) is 4.39 Å². The van der Waals surface area contributed by atoms with Gasteiger partial charge >= 0.3 is 0 Å². The number of nitrogens with zero attached hydrogens (tertiary/aromatic N) is 1. The maximum absolute atomic E-state index is 13.9. The average molecular weight is 277 g/mol. The third-order valence-corrected chi connectivity index (χ3v) is 3.78. The molecule has 0 aromatic heterocycles. The van der Waals surface area contributed by atoms with Crippen molar-refractivity contribution < 1.29 is 4.39 Å². The van der Waals surface area contributed by atoms with E-state index in [1.54, 1.807) is 18.2 Å². The van der Waals surface area contributed by atoms with E-state index in [2.05, 4.69) is 4.90 Å². The monoisotopic (exact) mass is 276 g/mol. The highest BCUT2D eigenvalue weighted by Crippen LogP contribution is 2.31. The molecule has 1 heterocycles. The summed E-state index contributed by atoms with van der Waals surface area (Å²) in [7, 11) is 0. The van der Waals surface area contributed by atoms with Crippen molar-refractivity contribution in [2.75, 3.05) is 17.2 Å². The lowest BCUT2D eigenvalue weighted by atomic mass is 10.1. The zero-order valence-corrected chi connectivity index (χ0v) is 11.1. The van der Waals surface area contributed by atoms with Crippen LogP contribution in [0.15, 0.2) is 36.4 Å². The molecule has 1 aliphatic rings. The molecule has 0 aliphatic carbocycles. The molecule has 98 valence electrons. The number of anilines is 2. The van der Waals surface area contributed by atoms with Crippen LogP contribution in [0.1, 0.15) is 11.1 Å². The summed E-state index contributed by atoms with van der Waals surface area (Å²) in [6.07, 6.45) is 0.947. The number of hydrogen-bond donors (Lipinski definition) is 1. The number of fused-ring (bicyclic) bond motifs is 1. The highest BCUT2D eigenvalue weighted by atomic mass is 35.5. The smallest absolute Gasteiger partial charge is 0.146 e. The van der Waals surface area contributed by atoms with E-state index in [0.717, 1.165) is 24.3 Å². The minimum Gasteiger partial charge on any atom is -0.399 e. The first-order chi connectivity index (χ1) is 9.15.